The number of nitrogens with one attached hydrogen (secondary N) is 1. The summed E-state index contributed by atoms with van der Waals surface area (Å²) in [4.78, 5) is 29.3. The van der Waals surface area contributed by atoms with Gasteiger partial charge in [0.1, 0.15) is 0 Å². The van der Waals surface area contributed by atoms with E-state index in [9.17, 15) is 22.8 Å². The Morgan fingerprint density at radius 1 is 0.966 bits per heavy atom. The highest BCUT2D eigenvalue weighted by molar-refractivity contribution is 7.14. The van der Waals surface area contributed by atoms with Crippen molar-refractivity contribution in [2.75, 3.05) is 5.01 Å². The topological polar surface area (TPSA) is 62.3 Å². The van der Waals surface area contributed by atoms with Crippen molar-refractivity contribution >= 4 is 28.3 Å². The van der Waals surface area contributed by atoms with Crippen LogP contribution in [0.25, 0.3) is 0 Å². The van der Waals surface area contributed by atoms with Gasteiger partial charge < -0.3 is 0 Å². The molecule has 0 saturated carbocycles. The Hall–Kier alpha value is -3.20. The molecular formula is C20H16F3N3O2S. The molecule has 29 heavy (non-hydrogen) atoms. The number of halogens is 3. The zero-order chi connectivity index (χ0) is 21.2. The number of hydrogen-bond acceptors (Lipinski definition) is 4. The zero-order valence-electron chi connectivity index (χ0n) is 15.4. The Morgan fingerprint density at radius 3 is 2.03 bits per heavy atom. The van der Waals surface area contributed by atoms with E-state index in [1.807, 2.05) is 0 Å². The van der Waals surface area contributed by atoms with Crippen LogP contribution in [-0.4, -0.2) is 16.8 Å². The summed E-state index contributed by atoms with van der Waals surface area (Å²) >= 11 is 0.614. The number of carbonyl (C=O) groups excluding carboxylic acids is 2. The summed E-state index contributed by atoms with van der Waals surface area (Å²) in [6.07, 6.45) is -4.66. The number of nitrogens with zero attached hydrogens (tertiary/aromatic N) is 2. The minimum atomic E-state index is -4.66. The van der Waals surface area contributed by atoms with Crippen molar-refractivity contribution < 1.29 is 22.8 Å². The molecule has 0 fully saturated rings. The third-order valence-corrected chi connectivity index (χ3v) is 4.98. The van der Waals surface area contributed by atoms with E-state index in [1.54, 1.807) is 56.3 Å². The molecule has 0 aliphatic heterocycles. The van der Waals surface area contributed by atoms with Crippen LogP contribution in [0.3, 0.4) is 0 Å². The van der Waals surface area contributed by atoms with Crippen molar-refractivity contribution in [2.24, 2.45) is 0 Å². The minimum Gasteiger partial charge on any atom is -0.267 e. The molecule has 0 atom stereocenters. The number of anilines is 1. The van der Waals surface area contributed by atoms with Crippen molar-refractivity contribution in [1.29, 1.82) is 0 Å². The quantitative estimate of drug-likeness (QED) is 0.622. The van der Waals surface area contributed by atoms with Gasteiger partial charge in [-0.05, 0) is 37.1 Å². The fraction of sp³-hybridized carbons (Fsp3) is 0.150. The predicted octanol–water partition coefficient (Wildman–Crippen LogP) is 4.77. The van der Waals surface area contributed by atoms with Crippen molar-refractivity contribution in [3.63, 3.8) is 0 Å². The molecule has 0 spiro atoms. The average Bonchev–Trinajstić information content (AvgIpc) is 3.16. The monoisotopic (exact) mass is 419 g/mol. The number of amides is 2. The second-order valence-electron chi connectivity index (χ2n) is 6.22. The van der Waals surface area contributed by atoms with Gasteiger partial charge in [-0.15, -0.1) is 11.3 Å². The number of aryl methyl sites for hydroxylation is 2. The molecule has 0 unspecified atom stereocenters. The van der Waals surface area contributed by atoms with Crippen molar-refractivity contribution in [3.05, 3.63) is 81.9 Å². The number of aromatic nitrogens is 1. The molecule has 2 aromatic carbocycles. The summed E-state index contributed by atoms with van der Waals surface area (Å²) < 4.78 is 39.0. The van der Waals surface area contributed by atoms with Gasteiger partial charge in [-0.25, -0.2) is 4.98 Å². The number of thiazole rings is 1. The predicted molar refractivity (Wildman–Crippen MR) is 104 cm³/mol. The highest BCUT2D eigenvalue weighted by atomic mass is 32.1. The lowest BCUT2D eigenvalue weighted by molar-refractivity contribution is -0.140. The Kier molecular flexibility index (Phi) is 5.69. The highest BCUT2D eigenvalue weighted by Crippen LogP contribution is 2.33. The third-order valence-electron chi connectivity index (χ3n) is 4.16. The first-order valence-corrected chi connectivity index (χ1v) is 9.36. The Morgan fingerprint density at radius 2 is 1.52 bits per heavy atom. The highest BCUT2D eigenvalue weighted by Gasteiger charge is 2.35. The van der Waals surface area contributed by atoms with Crippen molar-refractivity contribution in [1.82, 2.24) is 10.4 Å². The summed E-state index contributed by atoms with van der Waals surface area (Å²) in [6, 6.07) is 13.3. The number of carbonyl (C=O) groups is 2. The van der Waals surface area contributed by atoms with Gasteiger partial charge in [0.05, 0.1) is 0 Å². The Labute approximate surface area is 168 Å². The molecular weight excluding hydrogens is 403 g/mol. The maximum atomic E-state index is 13.1. The third kappa shape index (κ3) is 4.45. The summed E-state index contributed by atoms with van der Waals surface area (Å²) in [5, 5.41) is 1.28. The molecule has 3 rings (SSSR count). The first-order chi connectivity index (χ1) is 13.7. The van der Waals surface area contributed by atoms with Crippen LogP contribution in [0.4, 0.5) is 18.3 Å². The standard InChI is InChI=1S/C20H16F3N3O2S/c1-12-7-3-5-9-14(12)17(27)25-26(18(28)15-10-6-4-8-13(15)2)19-24-16(11-29-19)20(21,22)23/h3-11H,1-2H3,(H,25,27). The normalized spacial score (nSPS) is 11.2. The van der Waals surface area contributed by atoms with E-state index in [-0.39, 0.29) is 10.7 Å². The molecule has 0 aliphatic rings. The molecule has 1 N–H and O–H groups in total. The van der Waals surface area contributed by atoms with Crippen LogP contribution in [0.2, 0.25) is 0 Å². The van der Waals surface area contributed by atoms with E-state index in [0.717, 1.165) is 10.4 Å². The van der Waals surface area contributed by atoms with E-state index in [0.29, 0.717) is 28.0 Å². The SMILES string of the molecule is Cc1ccccc1C(=O)NN(C(=O)c1ccccc1C)c1nc(C(F)(F)F)cs1. The van der Waals surface area contributed by atoms with E-state index in [4.69, 9.17) is 0 Å². The van der Waals surface area contributed by atoms with Gasteiger partial charge in [0.2, 0.25) is 5.13 Å². The summed E-state index contributed by atoms with van der Waals surface area (Å²) in [7, 11) is 0. The number of hydrazine groups is 1. The van der Waals surface area contributed by atoms with E-state index in [2.05, 4.69) is 10.4 Å². The van der Waals surface area contributed by atoms with Gasteiger partial charge in [-0.1, -0.05) is 36.4 Å². The molecule has 1 heterocycles. The van der Waals surface area contributed by atoms with E-state index >= 15 is 0 Å². The summed E-state index contributed by atoms with van der Waals surface area (Å²) in [6.45, 7) is 3.41. The molecule has 150 valence electrons. The number of hydrogen-bond donors (Lipinski definition) is 1. The van der Waals surface area contributed by atoms with E-state index in [1.165, 1.54) is 6.07 Å². The Balaban J connectivity index is 2.01. The zero-order valence-corrected chi connectivity index (χ0v) is 16.3. The van der Waals surface area contributed by atoms with Gasteiger partial charge in [0.25, 0.3) is 11.8 Å². The van der Waals surface area contributed by atoms with Gasteiger partial charge >= 0.3 is 6.18 Å². The van der Waals surface area contributed by atoms with Crippen LogP contribution in [0.5, 0.6) is 0 Å². The minimum absolute atomic E-state index is 0.237. The van der Waals surface area contributed by atoms with Gasteiger partial charge in [-0.3, -0.25) is 15.0 Å². The lowest BCUT2D eigenvalue weighted by Gasteiger charge is -2.22. The molecule has 0 bridgehead atoms. The smallest absolute Gasteiger partial charge is 0.267 e. The second kappa shape index (κ2) is 8.04. The lowest BCUT2D eigenvalue weighted by Crippen LogP contribution is -2.47. The summed E-state index contributed by atoms with van der Waals surface area (Å²) in [5.74, 6) is -1.32. The molecule has 3 aromatic rings. The van der Waals surface area contributed by atoms with Crippen molar-refractivity contribution in [2.45, 2.75) is 20.0 Å². The average molecular weight is 419 g/mol. The molecule has 0 saturated heterocycles. The second-order valence-corrected chi connectivity index (χ2v) is 7.06. The molecule has 0 radical (unpaired) electrons. The molecule has 2 amide bonds. The van der Waals surface area contributed by atoms with Crippen LogP contribution in [-0.2, 0) is 6.18 Å². The lowest BCUT2D eigenvalue weighted by atomic mass is 10.1. The van der Waals surface area contributed by atoms with Crippen LogP contribution in [0, 0.1) is 13.8 Å². The first kappa shape index (κ1) is 20.5. The largest absolute Gasteiger partial charge is 0.434 e. The number of benzene rings is 2. The van der Waals surface area contributed by atoms with Crippen LogP contribution in [0.1, 0.15) is 37.5 Å². The maximum absolute atomic E-state index is 13.1. The Bertz CT molecular complexity index is 1060. The molecule has 5 nitrogen and oxygen atoms in total. The van der Waals surface area contributed by atoms with Gasteiger partial charge in [-0.2, -0.15) is 18.2 Å². The van der Waals surface area contributed by atoms with Gasteiger partial charge in [0.15, 0.2) is 5.69 Å². The molecule has 9 heteroatoms. The number of rotatable bonds is 3. The fourth-order valence-corrected chi connectivity index (χ4v) is 3.39. The van der Waals surface area contributed by atoms with Crippen LogP contribution < -0.4 is 10.4 Å². The molecule has 1 aromatic heterocycles. The van der Waals surface area contributed by atoms with E-state index < -0.39 is 23.7 Å². The van der Waals surface area contributed by atoms with Crippen LogP contribution >= 0.6 is 11.3 Å². The summed E-state index contributed by atoms with van der Waals surface area (Å²) in [5.41, 5.74) is 3.07. The van der Waals surface area contributed by atoms with Crippen molar-refractivity contribution in [3.8, 4) is 0 Å². The molecule has 0 aliphatic carbocycles. The fourth-order valence-electron chi connectivity index (χ4n) is 2.61. The first-order valence-electron chi connectivity index (χ1n) is 8.48. The number of alkyl halides is 3. The maximum Gasteiger partial charge on any atom is 0.434 e. The van der Waals surface area contributed by atoms with Crippen LogP contribution in [0.15, 0.2) is 53.9 Å². The van der Waals surface area contributed by atoms with Gasteiger partial charge in [0, 0.05) is 16.5 Å².